The lowest BCUT2D eigenvalue weighted by molar-refractivity contribution is 0.122. The second-order valence-electron chi connectivity index (χ2n) is 5.86. The van der Waals surface area contributed by atoms with Gasteiger partial charge < -0.3 is 14.5 Å². The first-order valence-electron chi connectivity index (χ1n) is 8.06. The third kappa shape index (κ3) is 2.55. The highest BCUT2D eigenvalue weighted by Gasteiger charge is 2.19. The highest BCUT2D eigenvalue weighted by Crippen LogP contribution is 2.34. The fourth-order valence-corrected chi connectivity index (χ4v) is 3.34. The van der Waals surface area contributed by atoms with Gasteiger partial charge >= 0.3 is 0 Å². The molecule has 2 aromatic rings. The molecule has 0 unspecified atom stereocenters. The van der Waals surface area contributed by atoms with Gasteiger partial charge in [0.1, 0.15) is 5.82 Å². The average Bonchev–Trinajstić information content (AvgIpc) is 2.62. The third-order valence-electron chi connectivity index (χ3n) is 4.49. The average molecular weight is 295 g/mol. The van der Waals surface area contributed by atoms with E-state index in [2.05, 4.69) is 51.2 Å². The van der Waals surface area contributed by atoms with Gasteiger partial charge in [-0.25, -0.2) is 4.98 Å². The van der Waals surface area contributed by atoms with Crippen LogP contribution in [0.25, 0.3) is 0 Å². The van der Waals surface area contributed by atoms with Crippen LogP contribution in [0.2, 0.25) is 0 Å². The number of fused-ring (bicyclic) bond motifs is 1. The van der Waals surface area contributed by atoms with E-state index in [0.717, 1.165) is 38.7 Å². The van der Waals surface area contributed by atoms with Gasteiger partial charge in [-0.3, -0.25) is 0 Å². The van der Waals surface area contributed by atoms with Gasteiger partial charge in [0.2, 0.25) is 0 Å². The second-order valence-corrected chi connectivity index (χ2v) is 5.86. The van der Waals surface area contributed by atoms with Gasteiger partial charge in [0.25, 0.3) is 0 Å². The molecule has 4 nitrogen and oxygen atoms in total. The van der Waals surface area contributed by atoms with Crippen molar-refractivity contribution in [3.8, 4) is 0 Å². The zero-order valence-corrected chi connectivity index (χ0v) is 12.7. The number of nitrogens with zero attached hydrogens (tertiary/aromatic N) is 3. The fourth-order valence-electron chi connectivity index (χ4n) is 3.34. The smallest absolute Gasteiger partial charge is 0.130 e. The summed E-state index contributed by atoms with van der Waals surface area (Å²) in [5, 5.41) is 0. The van der Waals surface area contributed by atoms with Crippen LogP contribution in [0.15, 0.2) is 42.6 Å². The SMILES string of the molecule is c1ccc2c(c1)CCCN2c1ccnc(N2CCOCC2)c1. The van der Waals surface area contributed by atoms with Crippen molar-refractivity contribution in [1.29, 1.82) is 0 Å². The molecular formula is C18H21N3O. The Balaban J connectivity index is 1.66. The number of anilines is 3. The maximum atomic E-state index is 5.43. The minimum Gasteiger partial charge on any atom is -0.378 e. The number of ether oxygens (including phenoxy) is 1. The Morgan fingerprint density at radius 1 is 1.00 bits per heavy atom. The van der Waals surface area contributed by atoms with E-state index in [1.165, 1.54) is 29.8 Å². The van der Waals surface area contributed by atoms with Crippen LogP contribution < -0.4 is 9.80 Å². The maximum absolute atomic E-state index is 5.43. The van der Waals surface area contributed by atoms with Crippen molar-refractivity contribution in [2.24, 2.45) is 0 Å². The van der Waals surface area contributed by atoms with Crippen LogP contribution in [-0.4, -0.2) is 37.8 Å². The van der Waals surface area contributed by atoms with E-state index in [4.69, 9.17) is 4.74 Å². The van der Waals surface area contributed by atoms with Crippen LogP contribution in [0.1, 0.15) is 12.0 Å². The standard InChI is InChI=1S/C18H21N3O/c1-2-6-17-15(4-1)5-3-9-21(17)16-7-8-19-18(14-16)20-10-12-22-13-11-20/h1-2,4,6-8,14H,3,5,9-13H2. The van der Waals surface area contributed by atoms with Crippen molar-refractivity contribution < 1.29 is 4.74 Å². The zero-order chi connectivity index (χ0) is 14.8. The number of pyridine rings is 1. The van der Waals surface area contributed by atoms with Gasteiger partial charge in [0.15, 0.2) is 0 Å². The quantitative estimate of drug-likeness (QED) is 0.851. The molecular weight excluding hydrogens is 274 g/mol. The summed E-state index contributed by atoms with van der Waals surface area (Å²) in [6.07, 6.45) is 4.30. The molecule has 2 aliphatic rings. The monoisotopic (exact) mass is 295 g/mol. The Bertz CT molecular complexity index is 652. The van der Waals surface area contributed by atoms with E-state index < -0.39 is 0 Å². The van der Waals surface area contributed by atoms with Gasteiger partial charge in [-0.05, 0) is 30.5 Å². The number of hydrogen-bond acceptors (Lipinski definition) is 4. The number of morpholine rings is 1. The summed E-state index contributed by atoms with van der Waals surface area (Å²) in [5.41, 5.74) is 4.02. The Kier molecular flexibility index (Phi) is 3.69. The normalized spacial score (nSPS) is 18.2. The van der Waals surface area contributed by atoms with Crippen LogP contribution in [0.4, 0.5) is 17.2 Å². The lowest BCUT2D eigenvalue weighted by Crippen LogP contribution is -2.36. The summed E-state index contributed by atoms with van der Waals surface area (Å²) >= 11 is 0. The molecule has 0 N–H and O–H groups in total. The molecule has 1 aromatic heterocycles. The Hall–Kier alpha value is -2.07. The third-order valence-corrected chi connectivity index (χ3v) is 4.49. The molecule has 0 radical (unpaired) electrons. The van der Waals surface area contributed by atoms with Gasteiger partial charge in [-0.1, -0.05) is 18.2 Å². The van der Waals surface area contributed by atoms with Crippen molar-refractivity contribution in [2.75, 3.05) is 42.6 Å². The minimum atomic E-state index is 0.790. The first kappa shape index (κ1) is 13.6. The largest absolute Gasteiger partial charge is 0.378 e. The highest BCUT2D eigenvalue weighted by molar-refractivity contribution is 5.69. The molecule has 1 fully saturated rings. The van der Waals surface area contributed by atoms with Crippen molar-refractivity contribution in [2.45, 2.75) is 12.8 Å². The molecule has 2 aliphatic heterocycles. The maximum Gasteiger partial charge on any atom is 0.130 e. The fraction of sp³-hybridized carbons (Fsp3) is 0.389. The van der Waals surface area contributed by atoms with Gasteiger partial charge in [0.05, 0.1) is 13.2 Å². The predicted octanol–water partition coefficient (Wildman–Crippen LogP) is 3.00. The molecule has 0 amide bonds. The molecule has 114 valence electrons. The summed E-state index contributed by atoms with van der Waals surface area (Å²) in [4.78, 5) is 9.29. The van der Waals surface area contributed by atoms with Gasteiger partial charge in [0, 0.05) is 43.3 Å². The second kappa shape index (κ2) is 5.97. The Morgan fingerprint density at radius 2 is 1.86 bits per heavy atom. The van der Waals surface area contributed by atoms with Crippen molar-refractivity contribution in [3.05, 3.63) is 48.2 Å². The predicted molar refractivity (Wildman–Crippen MR) is 89.0 cm³/mol. The Labute approximate surface area is 131 Å². The minimum absolute atomic E-state index is 0.790. The molecule has 0 atom stereocenters. The van der Waals surface area contributed by atoms with Crippen molar-refractivity contribution in [1.82, 2.24) is 4.98 Å². The number of hydrogen-bond donors (Lipinski definition) is 0. The molecule has 1 saturated heterocycles. The molecule has 0 bridgehead atoms. The van der Waals surface area contributed by atoms with E-state index >= 15 is 0 Å². The van der Waals surface area contributed by atoms with Crippen molar-refractivity contribution in [3.63, 3.8) is 0 Å². The summed E-state index contributed by atoms with van der Waals surface area (Å²) in [6.45, 7) is 4.50. The number of rotatable bonds is 2. The van der Waals surface area contributed by atoms with Crippen LogP contribution in [0.3, 0.4) is 0 Å². The van der Waals surface area contributed by atoms with E-state index in [9.17, 15) is 0 Å². The summed E-state index contributed by atoms with van der Waals surface area (Å²) < 4.78 is 5.43. The zero-order valence-electron chi connectivity index (χ0n) is 12.7. The molecule has 4 rings (SSSR count). The first-order chi connectivity index (χ1) is 10.9. The summed E-state index contributed by atoms with van der Waals surface area (Å²) in [6, 6.07) is 13.1. The first-order valence-corrected chi connectivity index (χ1v) is 8.06. The van der Waals surface area contributed by atoms with Crippen LogP contribution in [-0.2, 0) is 11.2 Å². The highest BCUT2D eigenvalue weighted by atomic mass is 16.5. The topological polar surface area (TPSA) is 28.6 Å². The summed E-state index contributed by atoms with van der Waals surface area (Å²) in [7, 11) is 0. The number of benzene rings is 1. The molecule has 0 saturated carbocycles. The number of aromatic nitrogens is 1. The molecule has 4 heteroatoms. The van der Waals surface area contributed by atoms with E-state index in [0.29, 0.717) is 0 Å². The Morgan fingerprint density at radius 3 is 2.77 bits per heavy atom. The lowest BCUT2D eigenvalue weighted by Gasteiger charge is -2.33. The van der Waals surface area contributed by atoms with E-state index in [1.54, 1.807) is 0 Å². The van der Waals surface area contributed by atoms with Crippen LogP contribution >= 0.6 is 0 Å². The molecule has 3 heterocycles. The van der Waals surface area contributed by atoms with Gasteiger partial charge in [-0.15, -0.1) is 0 Å². The molecule has 0 aliphatic carbocycles. The molecule has 0 spiro atoms. The number of aryl methyl sites for hydroxylation is 1. The van der Waals surface area contributed by atoms with Crippen LogP contribution in [0.5, 0.6) is 0 Å². The lowest BCUT2D eigenvalue weighted by atomic mass is 10.0. The van der Waals surface area contributed by atoms with Gasteiger partial charge in [-0.2, -0.15) is 0 Å². The van der Waals surface area contributed by atoms with Crippen molar-refractivity contribution >= 4 is 17.2 Å². The van der Waals surface area contributed by atoms with E-state index in [1.807, 2.05) is 6.20 Å². The molecule has 22 heavy (non-hydrogen) atoms. The van der Waals surface area contributed by atoms with E-state index in [-0.39, 0.29) is 0 Å². The number of para-hydroxylation sites is 1. The molecule has 1 aromatic carbocycles. The van der Waals surface area contributed by atoms with Crippen LogP contribution in [0, 0.1) is 0 Å². The summed E-state index contributed by atoms with van der Waals surface area (Å²) in [5.74, 6) is 1.06.